The fourth-order valence-corrected chi connectivity index (χ4v) is 6.37. The van der Waals surface area contributed by atoms with E-state index in [-0.39, 0.29) is 18.3 Å². The van der Waals surface area contributed by atoms with Gasteiger partial charge in [0.15, 0.2) is 0 Å². The van der Waals surface area contributed by atoms with Gasteiger partial charge in [0.1, 0.15) is 0 Å². The monoisotopic (exact) mass is 328 g/mol. The molecule has 2 nitrogen and oxygen atoms in total. The van der Waals surface area contributed by atoms with E-state index in [0.717, 1.165) is 6.61 Å². The van der Waals surface area contributed by atoms with Gasteiger partial charge in [0, 0.05) is 10.5 Å². The first-order chi connectivity index (χ1) is 10.3. The van der Waals surface area contributed by atoms with Crippen LogP contribution in [0.2, 0.25) is 0 Å². The van der Waals surface area contributed by atoms with Gasteiger partial charge in [-0.2, -0.15) is 0 Å². The largest absolute Gasteiger partial charge is 0.372 e. The fourth-order valence-electron chi connectivity index (χ4n) is 3.97. The van der Waals surface area contributed by atoms with Gasteiger partial charge < -0.3 is 9.47 Å². The second-order valence-corrected chi connectivity index (χ2v) is 9.20. The molecule has 2 fully saturated rings. The maximum Gasteiger partial charge on any atom is 0.0976 e. The van der Waals surface area contributed by atoms with E-state index in [1.54, 1.807) is 0 Å². The Bertz CT molecular complexity index is 362. The highest BCUT2D eigenvalue weighted by atomic mass is 32.2. The van der Waals surface area contributed by atoms with E-state index in [0.29, 0.717) is 21.3 Å². The van der Waals surface area contributed by atoms with Crippen molar-refractivity contribution in [3.05, 3.63) is 0 Å². The first-order valence-electron chi connectivity index (χ1n) is 9.27. The van der Waals surface area contributed by atoms with Crippen molar-refractivity contribution >= 4 is 11.8 Å². The van der Waals surface area contributed by atoms with Crippen molar-refractivity contribution in [2.45, 2.75) is 103 Å². The molecule has 0 aromatic carbocycles. The summed E-state index contributed by atoms with van der Waals surface area (Å²) in [7, 11) is 0. The predicted molar refractivity (Wildman–Crippen MR) is 96.6 cm³/mol. The summed E-state index contributed by atoms with van der Waals surface area (Å²) in [6.07, 6.45) is 5.62. The standard InChI is InChI=1S/C19H36O2S/c1-8-18(6,9-2)16-14-15(21-13(5)12-20-14)17(22-16)19(7,10-3)11-4/h13-17H,8-12H2,1-7H3/t13?,14?,15?,16?,17-/m1/s1. The summed E-state index contributed by atoms with van der Waals surface area (Å²) < 4.78 is 12.8. The molecule has 3 heteroatoms. The fraction of sp³-hybridized carbons (Fsp3) is 1.00. The normalized spacial score (nSPS) is 36.4. The van der Waals surface area contributed by atoms with E-state index in [1.165, 1.54) is 25.7 Å². The Labute approximate surface area is 142 Å². The number of hydrogen-bond donors (Lipinski definition) is 0. The van der Waals surface area contributed by atoms with E-state index < -0.39 is 0 Å². The Hall–Kier alpha value is 0.270. The van der Waals surface area contributed by atoms with Crippen molar-refractivity contribution in [2.75, 3.05) is 6.61 Å². The van der Waals surface area contributed by atoms with Crippen molar-refractivity contribution in [2.24, 2.45) is 10.8 Å². The Morgan fingerprint density at radius 3 is 1.77 bits per heavy atom. The maximum absolute atomic E-state index is 6.44. The molecule has 0 radical (unpaired) electrons. The first-order valence-corrected chi connectivity index (χ1v) is 10.2. The average molecular weight is 329 g/mol. The summed E-state index contributed by atoms with van der Waals surface area (Å²) in [6, 6.07) is 0. The van der Waals surface area contributed by atoms with Crippen molar-refractivity contribution in [3.8, 4) is 0 Å². The van der Waals surface area contributed by atoms with Gasteiger partial charge in [-0.15, -0.1) is 11.8 Å². The van der Waals surface area contributed by atoms with Crippen LogP contribution in [0.15, 0.2) is 0 Å². The van der Waals surface area contributed by atoms with E-state index in [9.17, 15) is 0 Å². The summed E-state index contributed by atoms with van der Waals surface area (Å²) in [5.74, 6) is 0. The zero-order chi connectivity index (χ0) is 16.5. The molecule has 2 aliphatic rings. The zero-order valence-corrected chi connectivity index (χ0v) is 16.5. The Balaban J connectivity index is 2.33. The number of fused-ring (bicyclic) bond motifs is 1. The van der Waals surface area contributed by atoms with Crippen molar-refractivity contribution in [1.29, 1.82) is 0 Å². The molecule has 0 bridgehead atoms. The van der Waals surface area contributed by atoms with Crippen LogP contribution >= 0.6 is 11.8 Å². The molecule has 0 saturated carbocycles. The minimum Gasteiger partial charge on any atom is -0.372 e. The lowest BCUT2D eigenvalue weighted by atomic mass is 9.74. The molecule has 2 saturated heterocycles. The number of thioether (sulfide) groups is 1. The van der Waals surface area contributed by atoms with E-state index in [2.05, 4.69) is 60.2 Å². The van der Waals surface area contributed by atoms with Crippen LogP contribution < -0.4 is 0 Å². The number of hydrogen-bond acceptors (Lipinski definition) is 3. The zero-order valence-electron chi connectivity index (χ0n) is 15.6. The molecule has 5 atom stereocenters. The summed E-state index contributed by atoms with van der Waals surface area (Å²) in [5, 5.41) is 1.11. The minimum atomic E-state index is 0.232. The number of rotatable bonds is 6. The number of ether oxygens (including phenoxy) is 2. The molecule has 0 spiro atoms. The summed E-state index contributed by atoms with van der Waals surface area (Å²) >= 11 is 2.18. The molecular formula is C19H36O2S. The molecule has 22 heavy (non-hydrogen) atoms. The lowest BCUT2D eigenvalue weighted by Gasteiger charge is -2.41. The molecule has 0 amide bonds. The molecule has 0 aromatic rings. The predicted octanol–water partition coefficient (Wildman–Crippen LogP) is 5.30. The molecular weight excluding hydrogens is 292 g/mol. The highest BCUT2D eigenvalue weighted by molar-refractivity contribution is 8.01. The van der Waals surface area contributed by atoms with Gasteiger partial charge in [-0.05, 0) is 43.4 Å². The third-order valence-electron chi connectivity index (χ3n) is 6.73. The van der Waals surface area contributed by atoms with Crippen LogP contribution in [0.4, 0.5) is 0 Å². The van der Waals surface area contributed by atoms with Gasteiger partial charge in [-0.25, -0.2) is 0 Å². The molecule has 0 aromatic heterocycles. The first kappa shape index (κ1) is 18.6. The molecule has 4 unspecified atom stereocenters. The van der Waals surface area contributed by atoms with Gasteiger partial charge in [0.25, 0.3) is 0 Å². The smallest absolute Gasteiger partial charge is 0.0976 e. The van der Waals surface area contributed by atoms with Gasteiger partial charge in [-0.1, -0.05) is 41.5 Å². The van der Waals surface area contributed by atoms with Crippen LogP contribution in [0.1, 0.15) is 74.1 Å². The SMILES string of the molecule is CCC(C)(CC)C1S[C@@H](C(C)(CC)CC)C2OC(C)COC21. The van der Waals surface area contributed by atoms with Gasteiger partial charge >= 0.3 is 0 Å². The van der Waals surface area contributed by atoms with Gasteiger partial charge in [0.2, 0.25) is 0 Å². The van der Waals surface area contributed by atoms with E-state index in [4.69, 9.17) is 9.47 Å². The van der Waals surface area contributed by atoms with Crippen LogP contribution in [0.5, 0.6) is 0 Å². The molecule has 2 aliphatic heterocycles. The topological polar surface area (TPSA) is 18.5 Å². The molecule has 0 N–H and O–H groups in total. The van der Waals surface area contributed by atoms with Crippen LogP contribution in [0.25, 0.3) is 0 Å². The third-order valence-corrected chi connectivity index (χ3v) is 8.99. The summed E-state index contributed by atoms with van der Waals surface area (Å²) in [4.78, 5) is 0. The maximum atomic E-state index is 6.44. The van der Waals surface area contributed by atoms with Crippen LogP contribution in [-0.4, -0.2) is 35.4 Å². The average Bonchev–Trinajstić information content (AvgIpc) is 2.93. The highest BCUT2D eigenvalue weighted by Gasteiger charge is 2.57. The lowest BCUT2D eigenvalue weighted by molar-refractivity contribution is -0.181. The second-order valence-electron chi connectivity index (χ2n) is 7.91. The molecule has 2 heterocycles. The van der Waals surface area contributed by atoms with Crippen LogP contribution in [0.3, 0.4) is 0 Å². The Morgan fingerprint density at radius 1 is 0.864 bits per heavy atom. The van der Waals surface area contributed by atoms with Crippen molar-refractivity contribution < 1.29 is 9.47 Å². The van der Waals surface area contributed by atoms with E-state index in [1.807, 2.05) is 0 Å². The summed E-state index contributed by atoms with van der Waals surface area (Å²) in [5.41, 5.74) is 0.680. The van der Waals surface area contributed by atoms with Crippen LogP contribution in [0, 0.1) is 10.8 Å². The molecule has 0 aliphatic carbocycles. The van der Waals surface area contributed by atoms with E-state index >= 15 is 0 Å². The third kappa shape index (κ3) is 3.10. The van der Waals surface area contributed by atoms with Gasteiger partial charge in [0.05, 0.1) is 24.9 Å². The Kier molecular flexibility index (Phi) is 5.94. The van der Waals surface area contributed by atoms with Gasteiger partial charge in [-0.3, -0.25) is 0 Å². The molecule has 130 valence electrons. The quantitative estimate of drug-likeness (QED) is 0.659. The van der Waals surface area contributed by atoms with Crippen LogP contribution in [-0.2, 0) is 9.47 Å². The lowest BCUT2D eigenvalue weighted by Crippen LogP contribution is -2.51. The highest BCUT2D eigenvalue weighted by Crippen LogP contribution is 2.56. The van der Waals surface area contributed by atoms with Crippen molar-refractivity contribution in [3.63, 3.8) is 0 Å². The molecule has 2 rings (SSSR count). The van der Waals surface area contributed by atoms with Crippen molar-refractivity contribution in [1.82, 2.24) is 0 Å². The summed E-state index contributed by atoms with van der Waals surface area (Å²) in [6.45, 7) is 17.1. The minimum absolute atomic E-state index is 0.232. The Morgan fingerprint density at radius 2 is 1.32 bits per heavy atom. The second kappa shape index (κ2) is 7.03.